The Balaban J connectivity index is 1.84. The van der Waals surface area contributed by atoms with Crippen molar-refractivity contribution in [3.8, 4) is 5.75 Å². The van der Waals surface area contributed by atoms with Crippen molar-refractivity contribution in [2.24, 2.45) is 5.73 Å². The van der Waals surface area contributed by atoms with Crippen LogP contribution in [0.3, 0.4) is 0 Å². The molecule has 160 valence electrons. The average Bonchev–Trinajstić information content (AvgIpc) is 3.01. The highest BCUT2D eigenvalue weighted by Crippen LogP contribution is 2.24. The van der Waals surface area contributed by atoms with Crippen molar-refractivity contribution in [2.75, 3.05) is 6.54 Å². The van der Waals surface area contributed by atoms with Gasteiger partial charge < -0.3 is 15.8 Å². The molecule has 3 aromatic rings. The lowest BCUT2D eigenvalue weighted by Crippen LogP contribution is -2.47. The lowest BCUT2D eigenvalue weighted by molar-refractivity contribution is -0.146. The number of nitrogens with one attached hydrogen (secondary N) is 1. The summed E-state index contributed by atoms with van der Waals surface area (Å²) in [7, 11) is 0. The van der Waals surface area contributed by atoms with Gasteiger partial charge in [0.15, 0.2) is 11.4 Å². The number of nitrogens with two attached hydrogens (primary N) is 1. The van der Waals surface area contributed by atoms with Gasteiger partial charge in [-0.1, -0.05) is 6.07 Å². The number of imidazole rings is 1. The molecule has 0 aliphatic carbocycles. The topological polar surface area (TPSA) is 81.7 Å². The first kappa shape index (κ1) is 21.5. The van der Waals surface area contributed by atoms with Crippen LogP contribution in [0.4, 0.5) is 22.0 Å². The van der Waals surface area contributed by atoms with Crippen molar-refractivity contribution in [1.29, 1.82) is 0 Å². The Hall–Kier alpha value is -3.21. The van der Waals surface area contributed by atoms with Crippen LogP contribution in [0.2, 0.25) is 0 Å². The van der Waals surface area contributed by atoms with Gasteiger partial charge >= 0.3 is 6.18 Å². The molecule has 6 nitrogen and oxygen atoms in total. The second kappa shape index (κ2) is 8.27. The van der Waals surface area contributed by atoms with Gasteiger partial charge in [0.1, 0.15) is 30.0 Å². The van der Waals surface area contributed by atoms with Crippen molar-refractivity contribution in [1.82, 2.24) is 14.7 Å². The molecule has 3 N–H and O–H groups in total. The number of pyridine rings is 1. The summed E-state index contributed by atoms with van der Waals surface area (Å²) < 4.78 is 72.0. The molecule has 0 fully saturated rings. The fourth-order valence-electron chi connectivity index (χ4n) is 2.76. The van der Waals surface area contributed by atoms with Gasteiger partial charge in [-0.25, -0.2) is 13.8 Å². The fourth-order valence-corrected chi connectivity index (χ4v) is 2.76. The molecule has 0 saturated carbocycles. The number of ether oxygens (including phenoxy) is 1. The SMILES string of the molecule is Cc1nc2c(OCc3c(F)cccc3F)cccn2c1C(=O)NCC(N)C(F)(F)F. The van der Waals surface area contributed by atoms with Gasteiger partial charge in [-0.05, 0) is 31.2 Å². The van der Waals surface area contributed by atoms with Crippen LogP contribution in [0, 0.1) is 18.6 Å². The minimum Gasteiger partial charge on any atom is -0.485 e. The van der Waals surface area contributed by atoms with Crippen LogP contribution in [0.1, 0.15) is 21.7 Å². The summed E-state index contributed by atoms with van der Waals surface area (Å²) in [6.45, 7) is 0.260. The smallest absolute Gasteiger partial charge is 0.405 e. The lowest BCUT2D eigenvalue weighted by atomic mass is 10.2. The number of hydrogen-bond acceptors (Lipinski definition) is 4. The number of amides is 1. The van der Waals surface area contributed by atoms with E-state index in [0.29, 0.717) is 0 Å². The van der Waals surface area contributed by atoms with E-state index in [9.17, 15) is 26.7 Å². The van der Waals surface area contributed by atoms with E-state index in [0.717, 1.165) is 12.1 Å². The van der Waals surface area contributed by atoms with Crippen molar-refractivity contribution < 1.29 is 31.5 Å². The Labute approximate surface area is 167 Å². The number of carbonyl (C=O) groups excluding carboxylic acids is 1. The largest absolute Gasteiger partial charge is 0.485 e. The molecule has 30 heavy (non-hydrogen) atoms. The van der Waals surface area contributed by atoms with Gasteiger partial charge in [-0.3, -0.25) is 9.20 Å². The number of nitrogens with zero attached hydrogens (tertiary/aromatic N) is 2. The van der Waals surface area contributed by atoms with Crippen LogP contribution in [-0.4, -0.2) is 34.1 Å². The molecule has 2 heterocycles. The van der Waals surface area contributed by atoms with Crippen molar-refractivity contribution in [3.05, 3.63) is 65.1 Å². The van der Waals surface area contributed by atoms with Crippen LogP contribution in [0.5, 0.6) is 5.75 Å². The molecule has 1 aromatic carbocycles. The van der Waals surface area contributed by atoms with E-state index in [1.54, 1.807) is 0 Å². The monoisotopic (exact) mass is 428 g/mol. The second-order valence-electron chi connectivity index (χ2n) is 6.46. The lowest BCUT2D eigenvalue weighted by Gasteiger charge is -2.16. The summed E-state index contributed by atoms with van der Waals surface area (Å²) in [4.78, 5) is 16.6. The third-order valence-electron chi connectivity index (χ3n) is 4.34. The molecule has 0 aliphatic heterocycles. The molecule has 1 amide bonds. The molecule has 0 spiro atoms. The first-order valence-electron chi connectivity index (χ1n) is 8.73. The Morgan fingerprint density at radius 1 is 1.23 bits per heavy atom. The highest BCUT2D eigenvalue weighted by molar-refractivity contribution is 5.95. The molecule has 0 bridgehead atoms. The number of hydrogen-bond donors (Lipinski definition) is 2. The summed E-state index contributed by atoms with van der Waals surface area (Å²) in [5, 5.41) is 2.13. The van der Waals surface area contributed by atoms with Crippen molar-refractivity contribution >= 4 is 11.6 Å². The third-order valence-corrected chi connectivity index (χ3v) is 4.34. The molecule has 11 heteroatoms. The molecular formula is C19H17F5N4O2. The van der Waals surface area contributed by atoms with Crippen LogP contribution >= 0.6 is 0 Å². The number of rotatable bonds is 6. The summed E-state index contributed by atoms with van der Waals surface area (Å²) in [5.74, 6) is -2.23. The Morgan fingerprint density at radius 2 is 1.90 bits per heavy atom. The van der Waals surface area contributed by atoms with Crippen molar-refractivity contribution in [3.63, 3.8) is 0 Å². The normalized spacial score (nSPS) is 12.8. The quantitative estimate of drug-likeness (QED) is 0.592. The summed E-state index contributed by atoms with van der Waals surface area (Å²) in [6.07, 6.45) is -3.19. The van der Waals surface area contributed by atoms with Gasteiger partial charge in [-0.15, -0.1) is 0 Å². The minimum absolute atomic E-state index is 0.0121. The van der Waals surface area contributed by atoms with E-state index in [2.05, 4.69) is 10.3 Å². The van der Waals surface area contributed by atoms with E-state index in [1.807, 2.05) is 0 Å². The van der Waals surface area contributed by atoms with Gasteiger partial charge in [0, 0.05) is 12.7 Å². The molecule has 0 radical (unpaired) electrons. The van der Waals surface area contributed by atoms with Gasteiger partial charge in [0.2, 0.25) is 0 Å². The first-order chi connectivity index (χ1) is 14.1. The number of fused-ring (bicyclic) bond motifs is 1. The first-order valence-corrected chi connectivity index (χ1v) is 8.73. The number of carbonyl (C=O) groups is 1. The molecular weight excluding hydrogens is 411 g/mol. The summed E-state index contributed by atoms with van der Waals surface area (Å²) in [5.41, 5.74) is 5.10. The van der Waals surface area contributed by atoms with Gasteiger partial charge in [0.05, 0.1) is 11.3 Å². The molecule has 1 atom stereocenters. The number of alkyl halides is 3. The van der Waals surface area contributed by atoms with Crippen LogP contribution < -0.4 is 15.8 Å². The average molecular weight is 428 g/mol. The Kier molecular flexibility index (Phi) is 5.92. The highest BCUT2D eigenvalue weighted by atomic mass is 19.4. The van der Waals surface area contributed by atoms with E-state index in [-0.39, 0.29) is 28.3 Å². The summed E-state index contributed by atoms with van der Waals surface area (Å²) >= 11 is 0. The zero-order chi connectivity index (χ0) is 22.1. The predicted molar refractivity (Wildman–Crippen MR) is 97.0 cm³/mol. The maximum Gasteiger partial charge on any atom is 0.405 e. The maximum atomic E-state index is 13.8. The Bertz CT molecular complexity index is 1060. The number of aryl methyl sites for hydroxylation is 1. The fraction of sp³-hybridized carbons (Fsp3) is 0.263. The maximum absolute atomic E-state index is 13.8. The zero-order valence-corrected chi connectivity index (χ0v) is 15.6. The number of aromatic nitrogens is 2. The molecule has 0 saturated heterocycles. The predicted octanol–water partition coefficient (Wildman–Crippen LogP) is 3.12. The van der Waals surface area contributed by atoms with Gasteiger partial charge in [0.25, 0.3) is 5.91 Å². The zero-order valence-electron chi connectivity index (χ0n) is 15.6. The second-order valence-corrected chi connectivity index (χ2v) is 6.46. The molecule has 1 unspecified atom stereocenters. The number of benzene rings is 1. The van der Waals surface area contributed by atoms with Crippen molar-refractivity contribution in [2.45, 2.75) is 25.7 Å². The Morgan fingerprint density at radius 3 is 2.53 bits per heavy atom. The summed E-state index contributed by atoms with van der Waals surface area (Å²) in [6, 6.07) is 4.19. The van der Waals surface area contributed by atoms with Crippen LogP contribution in [-0.2, 0) is 6.61 Å². The standard InChI is InChI=1S/C19H17F5N4O2/c1-10-16(18(29)26-8-15(25)19(22,23)24)28-7-3-6-14(17(28)27-10)30-9-11-12(20)4-2-5-13(11)21/h2-7,15H,8-9,25H2,1H3,(H,26,29). The minimum atomic E-state index is -4.65. The molecule has 0 aliphatic rings. The van der Waals surface area contributed by atoms with E-state index in [4.69, 9.17) is 10.5 Å². The molecule has 2 aromatic heterocycles. The van der Waals surface area contributed by atoms with Crippen LogP contribution in [0.25, 0.3) is 5.65 Å². The van der Waals surface area contributed by atoms with Crippen LogP contribution in [0.15, 0.2) is 36.5 Å². The molecule has 3 rings (SSSR count). The number of halogens is 5. The van der Waals surface area contributed by atoms with E-state index >= 15 is 0 Å². The van der Waals surface area contributed by atoms with Gasteiger partial charge in [-0.2, -0.15) is 13.2 Å². The van der Waals surface area contributed by atoms with E-state index in [1.165, 1.54) is 35.7 Å². The van der Waals surface area contributed by atoms with E-state index < -0.39 is 42.9 Å². The highest BCUT2D eigenvalue weighted by Gasteiger charge is 2.37. The third kappa shape index (κ3) is 4.35.